The average Bonchev–Trinajstić information content (AvgIpc) is 3.25. The van der Waals surface area contributed by atoms with Crippen molar-refractivity contribution >= 4 is 11.7 Å². The predicted octanol–water partition coefficient (Wildman–Crippen LogP) is 3.12. The average molecular weight is 316 g/mol. The number of para-hydroxylation sites is 2. The molecule has 0 spiro atoms. The van der Waals surface area contributed by atoms with Crippen molar-refractivity contribution in [3.05, 3.63) is 24.3 Å². The van der Waals surface area contributed by atoms with E-state index in [-0.39, 0.29) is 12.1 Å². The standard InChI is InChI=1S/C18H24N2O3/c21-18(20-10-13-4-3-5-14(13)11-20)19-16-6-1-2-7-17(16)23-15-8-9-22-12-15/h1-2,6-7,13-15H,3-5,8-12H2,(H,19,21)/t13-,14+,15-/m1/s1. The van der Waals surface area contributed by atoms with E-state index in [2.05, 4.69) is 5.32 Å². The molecule has 2 amide bonds. The Morgan fingerprint density at radius 3 is 2.70 bits per heavy atom. The van der Waals surface area contributed by atoms with Gasteiger partial charge < -0.3 is 19.7 Å². The lowest BCUT2D eigenvalue weighted by Crippen LogP contribution is -2.33. The number of fused-ring (bicyclic) bond motifs is 1. The molecule has 2 heterocycles. The van der Waals surface area contributed by atoms with E-state index in [1.807, 2.05) is 29.2 Å². The van der Waals surface area contributed by atoms with Crippen LogP contribution in [0.15, 0.2) is 24.3 Å². The fourth-order valence-corrected chi connectivity index (χ4v) is 4.05. The summed E-state index contributed by atoms with van der Waals surface area (Å²) in [5.74, 6) is 2.15. The van der Waals surface area contributed by atoms with Gasteiger partial charge in [-0.3, -0.25) is 0 Å². The van der Waals surface area contributed by atoms with Crippen LogP contribution >= 0.6 is 0 Å². The zero-order valence-corrected chi connectivity index (χ0v) is 13.4. The van der Waals surface area contributed by atoms with E-state index in [1.54, 1.807) is 0 Å². The van der Waals surface area contributed by atoms with Gasteiger partial charge >= 0.3 is 6.03 Å². The summed E-state index contributed by atoms with van der Waals surface area (Å²) in [4.78, 5) is 14.5. The number of carbonyl (C=O) groups is 1. The number of carbonyl (C=O) groups excluding carboxylic acids is 1. The number of ether oxygens (including phenoxy) is 2. The maximum Gasteiger partial charge on any atom is 0.321 e. The van der Waals surface area contributed by atoms with E-state index >= 15 is 0 Å². The van der Waals surface area contributed by atoms with Crippen LogP contribution in [0.5, 0.6) is 5.75 Å². The van der Waals surface area contributed by atoms with Crippen LogP contribution in [-0.4, -0.2) is 43.3 Å². The highest BCUT2D eigenvalue weighted by Crippen LogP contribution is 2.38. The molecule has 5 nitrogen and oxygen atoms in total. The molecule has 5 heteroatoms. The highest BCUT2D eigenvalue weighted by atomic mass is 16.5. The molecule has 1 aromatic carbocycles. The summed E-state index contributed by atoms with van der Waals surface area (Å²) in [7, 11) is 0. The molecule has 3 atom stereocenters. The number of nitrogens with zero attached hydrogens (tertiary/aromatic N) is 1. The highest BCUT2D eigenvalue weighted by Gasteiger charge is 2.38. The topological polar surface area (TPSA) is 50.8 Å². The first-order valence-corrected chi connectivity index (χ1v) is 8.69. The van der Waals surface area contributed by atoms with Crippen LogP contribution in [0.2, 0.25) is 0 Å². The van der Waals surface area contributed by atoms with Gasteiger partial charge in [0.15, 0.2) is 0 Å². The van der Waals surface area contributed by atoms with E-state index in [4.69, 9.17) is 9.47 Å². The predicted molar refractivity (Wildman–Crippen MR) is 87.7 cm³/mol. The lowest BCUT2D eigenvalue weighted by atomic mass is 10.0. The third kappa shape index (κ3) is 3.15. The van der Waals surface area contributed by atoms with Crippen LogP contribution in [-0.2, 0) is 4.74 Å². The first kappa shape index (κ1) is 14.8. The molecule has 2 aliphatic heterocycles. The summed E-state index contributed by atoms with van der Waals surface area (Å²) in [6, 6.07) is 7.66. The molecule has 4 rings (SSSR count). The fourth-order valence-electron chi connectivity index (χ4n) is 4.05. The second-order valence-electron chi connectivity index (χ2n) is 6.89. The first-order chi connectivity index (χ1) is 11.3. The Morgan fingerprint density at radius 1 is 1.17 bits per heavy atom. The van der Waals surface area contributed by atoms with Gasteiger partial charge in [0.1, 0.15) is 11.9 Å². The Bertz CT molecular complexity index is 559. The summed E-state index contributed by atoms with van der Waals surface area (Å²) in [6.07, 6.45) is 4.85. The fraction of sp³-hybridized carbons (Fsp3) is 0.611. The molecule has 0 aromatic heterocycles. The van der Waals surface area contributed by atoms with Crippen LogP contribution < -0.4 is 10.1 Å². The molecule has 0 unspecified atom stereocenters. The number of benzene rings is 1. The number of amides is 2. The zero-order chi connectivity index (χ0) is 15.6. The Hall–Kier alpha value is -1.75. The Morgan fingerprint density at radius 2 is 1.96 bits per heavy atom. The van der Waals surface area contributed by atoms with Crippen LogP contribution in [0, 0.1) is 11.8 Å². The lowest BCUT2D eigenvalue weighted by Gasteiger charge is -2.20. The van der Waals surface area contributed by atoms with Gasteiger partial charge in [0.25, 0.3) is 0 Å². The lowest BCUT2D eigenvalue weighted by molar-refractivity contribution is 0.142. The summed E-state index contributed by atoms with van der Waals surface area (Å²) < 4.78 is 11.3. The van der Waals surface area contributed by atoms with Gasteiger partial charge in [0.2, 0.25) is 0 Å². The van der Waals surface area contributed by atoms with Crippen molar-refractivity contribution in [2.45, 2.75) is 31.8 Å². The molecule has 3 aliphatic rings. The number of hydrogen-bond donors (Lipinski definition) is 1. The second-order valence-corrected chi connectivity index (χ2v) is 6.89. The molecule has 0 radical (unpaired) electrons. The summed E-state index contributed by atoms with van der Waals surface area (Å²) in [5.41, 5.74) is 0.751. The van der Waals surface area contributed by atoms with Gasteiger partial charge in [-0.1, -0.05) is 18.6 Å². The Balaban J connectivity index is 1.41. The molecule has 3 fully saturated rings. The number of hydrogen-bond acceptors (Lipinski definition) is 3. The van der Waals surface area contributed by atoms with Gasteiger partial charge in [0.05, 0.1) is 18.9 Å². The number of rotatable bonds is 3. The quantitative estimate of drug-likeness (QED) is 0.932. The molecule has 2 saturated heterocycles. The van der Waals surface area contributed by atoms with Gasteiger partial charge in [-0.15, -0.1) is 0 Å². The van der Waals surface area contributed by atoms with E-state index in [1.165, 1.54) is 19.3 Å². The second kappa shape index (κ2) is 6.40. The Labute approximate surface area is 136 Å². The summed E-state index contributed by atoms with van der Waals surface area (Å²) in [5, 5.41) is 3.04. The van der Waals surface area contributed by atoms with Crippen molar-refractivity contribution in [3.63, 3.8) is 0 Å². The minimum Gasteiger partial charge on any atom is -0.486 e. The molecule has 23 heavy (non-hydrogen) atoms. The van der Waals surface area contributed by atoms with Crippen molar-refractivity contribution in [3.8, 4) is 5.75 Å². The summed E-state index contributed by atoms with van der Waals surface area (Å²) in [6.45, 7) is 3.17. The van der Waals surface area contributed by atoms with Crippen molar-refractivity contribution < 1.29 is 14.3 Å². The number of nitrogens with one attached hydrogen (secondary N) is 1. The number of likely N-dealkylation sites (tertiary alicyclic amines) is 1. The molecule has 1 N–H and O–H groups in total. The van der Waals surface area contributed by atoms with Crippen LogP contribution in [0.3, 0.4) is 0 Å². The van der Waals surface area contributed by atoms with Gasteiger partial charge in [-0.05, 0) is 36.8 Å². The minimum atomic E-state index is -0.00174. The molecular formula is C18H24N2O3. The van der Waals surface area contributed by atoms with Gasteiger partial charge in [0, 0.05) is 19.5 Å². The normalized spacial score (nSPS) is 29.6. The maximum atomic E-state index is 12.6. The third-order valence-electron chi connectivity index (χ3n) is 5.32. The molecule has 1 saturated carbocycles. The first-order valence-electron chi connectivity index (χ1n) is 8.69. The molecule has 1 aromatic rings. The number of anilines is 1. The van der Waals surface area contributed by atoms with Gasteiger partial charge in [-0.25, -0.2) is 4.79 Å². The maximum absolute atomic E-state index is 12.6. The minimum absolute atomic E-state index is 0.00174. The Kier molecular flexibility index (Phi) is 4.12. The van der Waals surface area contributed by atoms with Crippen LogP contribution in [0.25, 0.3) is 0 Å². The van der Waals surface area contributed by atoms with Crippen molar-refractivity contribution in [1.82, 2.24) is 4.90 Å². The monoisotopic (exact) mass is 316 g/mol. The molecular weight excluding hydrogens is 292 g/mol. The van der Waals surface area contributed by atoms with Crippen molar-refractivity contribution in [2.75, 3.05) is 31.6 Å². The van der Waals surface area contributed by atoms with E-state index < -0.39 is 0 Å². The van der Waals surface area contributed by atoms with E-state index in [0.717, 1.165) is 37.6 Å². The van der Waals surface area contributed by atoms with E-state index in [9.17, 15) is 4.79 Å². The third-order valence-corrected chi connectivity index (χ3v) is 5.32. The largest absolute Gasteiger partial charge is 0.486 e. The van der Waals surface area contributed by atoms with Crippen molar-refractivity contribution in [2.24, 2.45) is 11.8 Å². The van der Waals surface area contributed by atoms with E-state index in [0.29, 0.717) is 18.4 Å². The van der Waals surface area contributed by atoms with Crippen LogP contribution in [0.4, 0.5) is 10.5 Å². The number of urea groups is 1. The highest BCUT2D eigenvalue weighted by molar-refractivity contribution is 5.91. The zero-order valence-electron chi connectivity index (χ0n) is 13.4. The van der Waals surface area contributed by atoms with Crippen LogP contribution in [0.1, 0.15) is 25.7 Å². The SMILES string of the molecule is O=C(Nc1ccccc1O[C@@H]1CCOC1)N1C[C@H]2CCC[C@H]2C1. The summed E-state index contributed by atoms with van der Waals surface area (Å²) >= 11 is 0. The molecule has 0 bridgehead atoms. The smallest absolute Gasteiger partial charge is 0.321 e. The van der Waals surface area contributed by atoms with Crippen molar-refractivity contribution in [1.29, 1.82) is 0 Å². The molecule has 1 aliphatic carbocycles. The molecule has 124 valence electrons. The van der Waals surface area contributed by atoms with Gasteiger partial charge in [-0.2, -0.15) is 0 Å².